The molecule has 1 heterocycles. The van der Waals surface area contributed by atoms with Crippen molar-refractivity contribution in [2.75, 3.05) is 12.0 Å². The van der Waals surface area contributed by atoms with Crippen molar-refractivity contribution in [1.82, 2.24) is 0 Å². The number of thioether (sulfide) groups is 1. The fourth-order valence-corrected chi connectivity index (χ4v) is 3.80. The van der Waals surface area contributed by atoms with E-state index in [2.05, 4.69) is 0 Å². The Morgan fingerprint density at radius 2 is 1.81 bits per heavy atom. The van der Waals surface area contributed by atoms with Crippen molar-refractivity contribution in [2.45, 2.75) is 4.90 Å². The quantitative estimate of drug-likeness (QED) is 0.780. The minimum Gasteiger partial charge on any atom is -0.496 e. The molecule has 0 radical (unpaired) electrons. The van der Waals surface area contributed by atoms with Crippen LogP contribution in [-0.4, -0.2) is 26.6 Å². The number of para-hydroxylation sites is 1. The Labute approximate surface area is 155 Å². The Balaban J connectivity index is 1.93. The number of amidine groups is 1. The molecule has 1 fully saturated rings. The van der Waals surface area contributed by atoms with Gasteiger partial charge in [0, 0.05) is 5.56 Å². The third-order valence-electron chi connectivity index (χ3n) is 3.67. The van der Waals surface area contributed by atoms with Crippen LogP contribution in [0.25, 0.3) is 6.08 Å². The summed E-state index contributed by atoms with van der Waals surface area (Å²) >= 11 is 1.02. The van der Waals surface area contributed by atoms with Gasteiger partial charge in [0.15, 0.2) is 5.17 Å². The van der Waals surface area contributed by atoms with Gasteiger partial charge in [0.1, 0.15) is 5.75 Å². The molecule has 1 aliphatic rings. The lowest BCUT2D eigenvalue weighted by Gasteiger charge is -2.14. The van der Waals surface area contributed by atoms with Gasteiger partial charge in [0.25, 0.3) is 5.91 Å². The lowest BCUT2D eigenvalue weighted by atomic mass is 10.2. The first-order valence-corrected chi connectivity index (χ1v) is 9.76. The fourth-order valence-electron chi connectivity index (χ4n) is 2.43. The standard InChI is InChI=1S/C17H15N3O4S2/c1-24-14-5-3-2-4-11(14)10-15-16(21)20(17(18)25-15)12-6-8-13(9-7-12)26(19,22)23/h2-10,18H,1H3,(H2,19,22,23)/b15-10-,18-17?. The van der Waals surface area contributed by atoms with Crippen LogP contribution in [0.3, 0.4) is 0 Å². The van der Waals surface area contributed by atoms with Crippen molar-refractivity contribution in [3.63, 3.8) is 0 Å². The molecule has 0 spiro atoms. The number of carbonyl (C=O) groups excluding carboxylic acids is 1. The van der Waals surface area contributed by atoms with Crippen LogP contribution in [-0.2, 0) is 14.8 Å². The summed E-state index contributed by atoms with van der Waals surface area (Å²) in [7, 11) is -2.27. The summed E-state index contributed by atoms with van der Waals surface area (Å²) < 4.78 is 28.0. The number of nitrogens with two attached hydrogens (primary N) is 1. The average molecular weight is 389 g/mol. The Morgan fingerprint density at radius 3 is 2.42 bits per heavy atom. The average Bonchev–Trinajstić information content (AvgIpc) is 2.88. The largest absolute Gasteiger partial charge is 0.496 e. The highest BCUT2D eigenvalue weighted by atomic mass is 32.2. The highest BCUT2D eigenvalue weighted by Gasteiger charge is 2.33. The van der Waals surface area contributed by atoms with Gasteiger partial charge in [0.05, 0.1) is 22.6 Å². The van der Waals surface area contributed by atoms with Crippen molar-refractivity contribution in [2.24, 2.45) is 5.14 Å². The molecule has 0 aromatic heterocycles. The zero-order chi connectivity index (χ0) is 18.9. The third kappa shape index (κ3) is 3.50. The molecule has 9 heteroatoms. The molecule has 3 rings (SSSR count). The highest BCUT2D eigenvalue weighted by molar-refractivity contribution is 8.19. The zero-order valence-electron chi connectivity index (χ0n) is 13.7. The maximum Gasteiger partial charge on any atom is 0.271 e. The number of carbonyl (C=O) groups is 1. The normalized spacial score (nSPS) is 16.4. The minimum absolute atomic E-state index is 0.0273. The lowest BCUT2D eigenvalue weighted by molar-refractivity contribution is -0.113. The summed E-state index contributed by atoms with van der Waals surface area (Å²) in [6, 6.07) is 12.7. The van der Waals surface area contributed by atoms with Crippen LogP contribution in [0.5, 0.6) is 5.75 Å². The number of nitrogens with one attached hydrogen (secondary N) is 1. The fraction of sp³-hybridized carbons (Fsp3) is 0.0588. The number of nitrogens with zero attached hydrogens (tertiary/aromatic N) is 1. The molecule has 1 aliphatic heterocycles. The van der Waals surface area contributed by atoms with Crippen LogP contribution in [0.1, 0.15) is 5.56 Å². The molecular formula is C17H15N3O4S2. The molecule has 1 saturated heterocycles. The van der Waals surface area contributed by atoms with E-state index in [0.717, 1.165) is 17.3 Å². The van der Waals surface area contributed by atoms with Crippen LogP contribution >= 0.6 is 11.8 Å². The first-order valence-electron chi connectivity index (χ1n) is 7.39. The smallest absolute Gasteiger partial charge is 0.271 e. The Kier molecular flexibility index (Phi) is 4.86. The van der Waals surface area contributed by atoms with Crippen molar-refractivity contribution in [3.8, 4) is 5.75 Å². The second-order valence-electron chi connectivity index (χ2n) is 5.34. The molecule has 0 saturated carbocycles. The van der Waals surface area contributed by atoms with Crippen molar-refractivity contribution < 1.29 is 17.9 Å². The Hall–Kier alpha value is -2.62. The Morgan fingerprint density at radius 1 is 1.15 bits per heavy atom. The van der Waals surface area contributed by atoms with E-state index in [9.17, 15) is 13.2 Å². The van der Waals surface area contributed by atoms with Gasteiger partial charge in [-0.15, -0.1) is 0 Å². The summed E-state index contributed by atoms with van der Waals surface area (Å²) in [5.74, 6) is 0.255. The van der Waals surface area contributed by atoms with E-state index in [-0.39, 0.29) is 16.0 Å². The van der Waals surface area contributed by atoms with E-state index in [4.69, 9.17) is 15.3 Å². The summed E-state index contributed by atoms with van der Waals surface area (Å²) in [5, 5.41) is 13.2. The number of hydrogen-bond donors (Lipinski definition) is 2. The Bertz CT molecular complexity index is 1010. The number of ether oxygens (including phenoxy) is 1. The van der Waals surface area contributed by atoms with E-state index in [1.807, 2.05) is 18.2 Å². The number of sulfonamides is 1. The molecular weight excluding hydrogens is 374 g/mol. The predicted molar refractivity (Wildman–Crippen MR) is 102 cm³/mol. The van der Waals surface area contributed by atoms with Crippen molar-refractivity contribution >= 4 is 44.6 Å². The molecule has 0 atom stereocenters. The molecule has 3 N–H and O–H groups in total. The maximum absolute atomic E-state index is 12.7. The van der Waals surface area contributed by atoms with Gasteiger partial charge in [-0.2, -0.15) is 0 Å². The van der Waals surface area contributed by atoms with Crippen LogP contribution in [0.2, 0.25) is 0 Å². The SMILES string of the molecule is COc1ccccc1/C=C1\SC(=N)N(c2ccc(S(N)(=O)=O)cc2)C1=O. The molecule has 0 aliphatic carbocycles. The number of primary sulfonamides is 1. The van der Waals surface area contributed by atoms with Gasteiger partial charge in [-0.3, -0.25) is 15.1 Å². The topological polar surface area (TPSA) is 114 Å². The summed E-state index contributed by atoms with van der Waals surface area (Å²) in [4.78, 5) is 14.2. The van der Waals surface area contributed by atoms with E-state index in [1.54, 1.807) is 19.3 Å². The molecule has 2 aromatic carbocycles. The zero-order valence-corrected chi connectivity index (χ0v) is 15.3. The monoisotopic (exact) mass is 389 g/mol. The first kappa shape index (κ1) is 18.2. The second kappa shape index (κ2) is 6.94. The van der Waals surface area contributed by atoms with Gasteiger partial charge in [-0.05, 0) is 48.2 Å². The van der Waals surface area contributed by atoms with E-state index in [0.29, 0.717) is 16.3 Å². The second-order valence-corrected chi connectivity index (χ2v) is 7.93. The maximum atomic E-state index is 12.7. The third-order valence-corrected chi connectivity index (χ3v) is 5.49. The lowest BCUT2D eigenvalue weighted by Crippen LogP contribution is -2.28. The van der Waals surface area contributed by atoms with E-state index >= 15 is 0 Å². The van der Waals surface area contributed by atoms with Crippen LogP contribution in [0, 0.1) is 5.41 Å². The molecule has 1 amide bonds. The number of amides is 1. The molecule has 134 valence electrons. The molecule has 7 nitrogen and oxygen atoms in total. The van der Waals surface area contributed by atoms with Gasteiger partial charge in [-0.1, -0.05) is 18.2 Å². The van der Waals surface area contributed by atoms with Crippen molar-refractivity contribution in [3.05, 3.63) is 59.0 Å². The van der Waals surface area contributed by atoms with Crippen LogP contribution < -0.4 is 14.8 Å². The van der Waals surface area contributed by atoms with E-state index in [1.165, 1.54) is 29.2 Å². The van der Waals surface area contributed by atoms with E-state index < -0.39 is 10.0 Å². The number of hydrogen-bond acceptors (Lipinski definition) is 6. The van der Waals surface area contributed by atoms with Crippen LogP contribution in [0.4, 0.5) is 5.69 Å². The number of benzene rings is 2. The highest BCUT2D eigenvalue weighted by Crippen LogP contribution is 2.36. The summed E-state index contributed by atoms with van der Waals surface area (Å²) in [6.07, 6.45) is 1.67. The summed E-state index contributed by atoms with van der Waals surface area (Å²) in [5.41, 5.74) is 1.12. The van der Waals surface area contributed by atoms with Gasteiger partial charge in [-0.25, -0.2) is 13.6 Å². The number of methoxy groups -OCH3 is 1. The molecule has 26 heavy (non-hydrogen) atoms. The van der Waals surface area contributed by atoms with Gasteiger partial charge in [0.2, 0.25) is 10.0 Å². The number of rotatable bonds is 4. The molecule has 2 aromatic rings. The summed E-state index contributed by atoms with van der Waals surface area (Å²) in [6.45, 7) is 0. The molecule has 0 bridgehead atoms. The van der Waals surface area contributed by atoms with Crippen molar-refractivity contribution in [1.29, 1.82) is 5.41 Å². The number of anilines is 1. The predicted octanol–water partition coefficient (Wildman–Crippen LogP) is 2.40. The molecule has 0 unspecified atom stereocenters. The van der Waals surface area contributed by atoms with Gasteiger partial charge < -0.3 is 4.74 Å². The minimum atomic E-state index is -3.82. The first-order chi connectivity index (χ1) is 12.3. The van der Waals surface area contributed by atoms with Crippen LogP contribution in [0.15, 0.2) is 58.3 Å². The van der Waals surface area contributed by atoms with Gasteiger partial charge >= 0.3 is 0 Å².